The van der Waals surface area contributed by atoms with Gasteiger partial charge < -0.3 is 15.8 Å². The van der Waals surface area contributed by atoms with E-state index in [2.05, 4.69) is 10.3 Å². The summed E-state index contributed by atoms with van der Waals surface area (Å²) in [5.41, 5.74) is 9.72. The van der Waals surface area contributed by atoms with Crippen LogP contribution < -0.4 is 15.8 Å². The van der Waals surface area contributed by atoms with Gasteiger partial charge in [0.2, 0.25) is 0 Å². The lowest BCUT2D eigenvalue weighted by Crippen LogP contribution is -2.15. The molecule has 6 heteroatoms. The largest absolute Gasteiger partial charge is 0.495 e. The zero-order valence-electron chi connectivity index (χ0n) is 12.0. The Kier molecular flexibility index (Phi) is 4.65. The number of thiocarbonyl (C=S) groups is 1. The van der Waals surface area contributed by atoms with Crippen LogP contribution in [0.2, 0.25) is 5.02 Å². The van der Waals surface area contributed by atoms with Crippen LogP contribution in [0.5, 0.6) is 5.75 Å². The minimum Gasteiger partial charge on any atom is -0.495 e. The molecule has 0 radical (unpaired) electrons. The van der Waals surface area contributed by atoms with E-state index >= 15 is 0 Å². The van der Waals surface area contributed by atoms with Crippen molar-refractivity contribution in [1.82, 2.24) is 4.98 Å². The third-order valence-corrected chi connectivity index (χ3v) is 3.44. The van der Waals surface area contributed by atoms with Crippen LogP contribution in [-0.4, -0.2) is 17.1 Å². The van der Waals surface area contributed by atoms with Gasteiger partial charge in [-0.3, -0.25) is 4.98 Å². The lowest BCUT2D eigenvalue weighted by atomic mass is 10.1. The van der Waals surface area contributed by atoms with Crippen molar-refractivity contribution in [3.63, 3.8) is 0 Å². The third kappa shape index (κ3) is 3.43. The highest BCUT2D eigenvalue weighted by molar-refractivity contribution is 7.80. The molecule has 0 fully saturated rings. The van der Waals surface area contributed by atoms with E-state index in [1.165, 1.54) is 0 Å². The Labute approximate surface area is 134 Å². The molecule has 0 amide bonds. The maximum atomic E-state index is 6.05. The first-order chi connectivity index (χ1) is 9.92. The molecule has 2 aromatic rings. The molecule has 0 saturated heterocycles. The molecule has 1 aromatic carbocycles. The number of pyridine rings is 1. The van der Waals surface area contributed by atoms with Gasteiger partial charge >= 0.3 is 0 Å². The first-order valence-electron chi connectivity index (χ1n) is 6.31. The van der Waals surface area contributed by atoms with Crippen molar-refractivity contribution in [2.75, 3.05) is 12.4 Å². The Bertz CT molecular complexity index is 704. The number of hydrogen-bond acceptors (Lipinski definition) is 4. The number of aryl methyl sites for hydroxylation is 2. The molecule has 4 nitrogen and oxygen atoms in total. The average Bonchev–Trinajstić information content (AvgIpc) is 2.37. The zero-order valence-corrected chi connectivity index (χ0v) is 13.6. The van der Waals surface area contributed by atoms with Crippen molar-refractivity contribution in [2.24, 2.45) is 5.73 Å². The molecule has 110 valence electrons. The molecular weight excluding hydrogens is 306 g/mol. The van der Waals surface area contributed by atoms with Crippen molar-refractivity contribution < 1.29 is 4.74 Å². The minimum absolute atomic E-state index is 0.295. The standard InChI is InChI=1S/C15H16ClN3OS/c1-8-6-12(14(15(17)21)9(2)18-8)19-11-7-10(16)4-5-13(11)20-3/h4-7H,1-3H3,(H2,17,21)(H,18,19). The fourth-order valence-electron chi connectivity index (χ4n) is 2.16. The molecule has 0 aliphatic carbocycles. The van der Waals surface area contributed by atoms with Gasteiger partial charge in [0, 0.05) is 16.4 Å². The first-order valence-corrected chi connectivity index (χ1v) is 7.09. The van der Waals surface area contributed by atoms with Gasteiger partial charge in [0.25, 0.3) is 0 Å². The predicted octanol–water partition coefficient (Wildman–Crippen LogP) is 3.74. The van der Waals surface area contributed by atoms with Crippen LogP contribution in [0.1, 0.15) is 17.0 Å². The SMILES string of the molecule is COc1ccc(Cl)cc1Nc1cc(C)nc(C)c1C(N)=S. The van der Waals surface area contributed by atoms with Gasteiger partial charge in [-0.1, -0.05) is 23.8 Å². The molecule has 3 N–H and O–H groups in total. The summed E-state index contributed by atoms with van der Waals surface area (Å²) >= 11 is 11.2. The second-order valence-electron chi connectivity index (χ2n) is 4.61. The number of hydrogen-bond donors (Lipinski definition) is 2. The maximum absolute atomic E-state index is 6.05. The topological polar surface area (TPSA) is 60.2 Å². The van der Waals surface area contributed by atoms with E-state index in [0.717, 1.165) is 28.3 Å². The molecule has 1 heterocycles. The van der Waals surface area contributed by atoms with Gasteiger partial charge in [-0.15, -0.1) is 0 Å². The van der Waals surface area contributed by atoms with Gasteiger partial charge in [0.05, 0.1) is 24.0 Å². The van der Waals surface area contributed by atoms with Crippen molar-refractivity contribution >= 4 is 40.2 Å². The molecule has 0 atom stereocenters. The molecule has 2 rings (SSSR count). The number of nitrogens with zero attached hydrogens (tertiary/aromatic N) is 1. The number of anilines is 2. The zero-order chi connectivity index (χ0) is 15.6. The van der Waals surface area contributed by atoms with E-state index in [4.69, 9.17) is 34.3 Å². The fourth-order valence-corrected chi connectivity index (χ4v) is 2.59. The van der Waals surface area contributed by atoms with E-state index < -0.39 is 0 Å². The molecule has 0 spiro atoms. The molecule has 0 saturated carbocycles. The van der Waals surface area contributed by atoms with Crippen LogP contribution in [0, 0.1) is 13.8 Å². The Balaban J connectivity index is 2.53. The summed E-state index contributed by atoms with van der Waals surface area (Å²) in [5, 5.41) is 3.89. The summed E-state index contributed by atoms with van der Waals surface area (Å²) in [6.45, 7) is 3.79. The number of halogens is 1. The molecule has 0 aliphatic heterocycles. The molecular formula is C15H16ClN3OS. The highest BCUT2D eigenvalue weighted by Gasteiger charge is 2.13. The molecule has 0 unspecified atom stereocenters. The minimum atomic E-state index is 0.295. The summed E-state index contributed by atoms with van der Waals surface area (Å²) in [5.74, 6) is 0.681. The van der Waals surface area contributed by atoms with Gasteiger partial charge in [-0.25, -0.2) is 0 Å². The number of benzene rings is 1. The van der Waals surface area contributed by atoms with Crippen LogP contribution in [-0.2, 0) is 0 Å². The van der Waals surface area contributed by atoms with E-state index in [9.17, 15) is 0 Å². The number of nitrogens with one attached hydrogen (secondary N) is 1. The number of rotatable bonds is 4. The summed E-state index contributed by atoms with van der Waals surface area (Å²) in [6, 6.07) is 7.24. The van der Waals surface area contributed by atoms with Crippen LogP contribution >= 0.6 is 23.8 Å². The van der Waals surface area contributed by atoms with Crippen molar-refractivity contribution in [3.05, 3.63) is 46.2 Å². The van der Waals surface area contributed by atoms with Crippen molar-refractivity contribution in [2.45, 2.75) is 13.8 Å². The maximum Gasteiger partial charge on any atom is 0.142 e. The van der Waals surface area contributed by atoms with Crippen molar-refractivity contribution in [3.8, 4) is 5.75 Å². The number of nitrogens with two attached hydrogens (primary N) is 1. The second-order valence-corrected chi connectivity index (χ2v) is 5.48. The highest BCUT2D eigenvalue weighted by Crippen LogP contribution is 2.32. The lowest BCUT2D eigenvalue weighted by Gasteiger charge is -2.16. The number of ether oxygens (including phenoxy) is 1. The predicted molar refractivity (Wildman–Crippen MR) is 90.9 cm³/mol. The highest BCUT2D eigenvalue weighted by atomic mass is 35.5. The summed E-state index contributed by atoms with van der Waals surface area (Å²) in [7, 11) is 1.60. The first kappa shape index (κ1) is 15.5. The Hall–Kier alpha value is -1.85. The third-order valence-electron chi connectivity index (χ3n) is 3.01. The van der Waals surface area contributed by atoms with E-state index in [-0.39, 0.29) is 0 Å². The summed E-state index contributed by atoms with van der Waals surface area (Å²) in [6.07, 6.45) is 0. The van der Waals surface area contributed by atoms with E-state index in [0.29, 0.717) is 15.8 Å². The quantitative estimate of drug-likeness (QED) is 0.840. The Morgan fingerprint density at radius 2 is 2.00 bits per heavy atom. The second kappa shape index (κ2) is 6.28. The normalized spacial score (nSPS) is 10.3. The van der Waals surface area contributed by atoms with Crippen molar-refractivity contribution in [1.29, 1.82) is 0 Å². The van der Waals surface area contributed by atoms with E-state index in [1.54, 1.807) is 25.3 Å². The Morgan fingerprint density at radius 1 is 1.29 bits per heavy atom. The molecule has 1 aromatic heterocycles. The summed E-state index contributed by atoms with van der Waals surface area (Å²) in [4.78, 5) is 4.69. The average molecular weight is 322 g/mol. The number of methoxy groups -OCH3 is 1. The molecule has 0 bridgehead atoms. The van der Waals surface area contributed by atoms with Crippen LogP contribution in [0.25, 0.3) is 0 Å². The van der Waals surface area contributed by atoms with Crippen LogP contribution in [0.4, 0.5) is 11.4 Å². The van der Waals surface area contributed by atoms with Crippen LogP contribution in [0.15, 0.2) is 24.3 Å². The number of aromatic nitrogens is 1. The fraction of sp³-hybridized carbons (Fsp3) is 0.200. The molecule has 0 aliphatic rings. The summed E-state index contributed by atoms with van der Waals surface area (Å²) < 4.78 is 5.33. The van der Waals surface area contributed by atoms with Gasteiger partial charge in [-0.05, 0) is 38.1 Å². The monoisotopic (exact) mass is 321 g/mol. The Morgan fingerprint density at radius 3 is 2.62 bits per heavy atom. The molecule has 21 heavy (non-hydrogen) atoms. The van der Waals surface area contributed by atoms with Gasteiger partial charge in [0.1, 0.15) is 10.7 Å². The van der Waals surface area contributed by atoms with Gasteiger partial charge in [0.15, 0.2) is 0 Å². The lowest BCUT2D eigenvalue weighted by molar-refractivity contribution is 0.417. The smallest absolute Gasteiger partial charge is 0.142 e. The van der Waals surface area contributed by atoms with Gasteiger partial charge in [-0.2, -0.15) is 0 Å². The van der Waals surface area contributed by atoms with E-state index in [1.807, 2.05) is 19.9 Å². The van der Waals surface area contributed by atoms with Crippen LogP contribution in [0.3, 0.4) is 0 Å².